The lowest BCUT2D eigenvalue weighted by Gasteiger charge is -2.31. The van der Waals surface area contributed by atoms with Crippen LogP contribution in [-0.4, -0.2) is 17.6 Å². The standard InChI is InChI=1S/C14H22N/c1-5-8-14-9-12-15(10-6-2,11-7-3)13(14)4/h6-7,9,12H,2-3,5,8,10-11H2,1,4H3/q+1. The minimum atomic E-state index is 0.891. The molecule has 0 N–H and O–H groups in total. The highest BCUT2D eigenvalue weighted by molar-refractivity contribution is 5.26. The minimum Gasteiger partial charge on any atom is -0.262 e. The van der Waals surface area contributed by atoms with E-state index in [9.17, 15) is 0 Å². The summed E-state index contributed by atoms with van der Waals surface area (Å²) in [5, 5.41) is 0. The largest absolute Gasteiger partial charge is 0.262 e. The van der Waals surface area contributed by atoms with Crippen molar-refractivity contribution in [1.82, 2.24) is 0 Å². The van der Waals surface area contributed by atoms with Crippen LogP contribution in [0.15, 0.2) is 48.9 Å². The third-order valence-corrected chi connectivity index (χ3v) is 3.12. The van der Waals surface area contributed by atoms with E-state index < -0.39 is 0 Å². The first-order valence-corrected chi connectivity index (χ1v) is 5.68. The molecule has 1 aliphatic heterocycles. The lowest BCUT2D eigenvalue weighted by molar-refractivity contribution is -0.826. The van der Waals surface area contributed by atoms with Crippen molar-refractivity contribution in [1.29, 1.82) is 0 Å². The quantitative estimate of drug-likeness (QED) is 0.456. The summed E-state index contributed by atoms with van der Waals surface area (Å²) in [6.45, 7) is 14.1. The molecule has 0 spiro atoms. The first-order chi connectivity index (χ1) is 7.20. The molecule has 0 radical (unpaired) electrons. The molecule has 0 aromatic carbocycles. The van der Waals surface area contributed by atoms with Crippen LogP contribution in [0.2, 0.25) is 0 Å². The van der Waals surface area contributed by atoms with Gasteiger partial charge in [0.05, 0.1) is 0 Å². The Morgan fingerprint density at radius 2 is 1.87 bits per heavy atom. The van der Waals surface area contributed by atoms with Crippen molar-refractivity contribution in [3.63, 3.8) is 0 Å². The van der Waals surface area contributed by atoms with Gasteiger partial charge in [0.25, 0.3) is 0 Å². The summed E-state index contributed by atoms with van der Waals surface area (Å²) in [5.41, 5.74) is 2.94. The van der Waals surface area contributed by atoms with Crippen molar-refractivity contribution in [2.45, 2.75) is 26.7 Å². The molecule has 0 fully saturated rings. The van der Waals surface area contributed by atoms with Gasteiger partial charge in [-0.05, 0) is 18.6 Å². The topological polar surface area (TPSA) is 0 Å². The van der Waals surface area contributed by atoms with Gasteiger partial charge in [0.1, 0.15) is 25.0 Å². The molecule has 0 saturated heterocycles. The van der Waals surface area contributed by atoms with Crippen LogP contribution in [0.4, 0.5) is 0 Å². The van der Waals surface area contributed by atoms with E-state index in [0.29, 0.717) is 0 Å². The van der Waals surface area contributed by atoms with E-state index in [1.807, 2.05) is 12.2 Å². The van der Waals surface area contributed by atoms with Crippen LogP contribution in [0.3, 0.4) is 0 Å². The van der Waals surface area contributed by atoms with Crippen molar-refractivity contribution < 1.29 is 4.48 Å². The lowest BCUT2D eigenvalue weighted by atomic mass is 10.1. The Bertz CT molecular complexity index is 297. The second kappa shape index (κ2) is 5.13. The molecular weight excluding hydrogens is 182 g/mol. The first-order valence-electron chi connectivity index (χ1n) is 5.68. The zero-order chi connectivity index (χ0) is 11.3. The zero-order valence-electron chi connectivity index (χ0n) is 10.00. The van der Waals surface area contributed by atoms with Crippen LogP contribution in [0.5, 0.6) is 0 Å². The molecule has 0 aliphatic carbocycles. The summed E-state index contributed by atoms with van der Waals surface area (Å²) in [6.07, 6.45) is 10.9. The highest BCUT2D eigenvalue weighted by atomic mass is 15.4. The van der Waals surface area contributed by atoms with Gasteiger partial charge >= 0.3 is 0 Å². The van der Waals surface area contributed by atoms with Crippen LogP contribution in [0, 0.1) is 0 Å². The monoisotopic (exact) mass is 204 g/mol. The second-order valence-corrected chi connectivity index (χ2v) is 4.15. The van der Waals surface area contributed by atoms with Crippen LogP contribution < -0.4 is 0 Å². The zero-order valence-corrected chi connectivity index (χ0v) is 10.00. The normalized spacial score (nSPS) is 18.3. The third-order valence-electron chi connectivity index (χ3n) is 3.12. The Morgan fingerprint density at radius 1 is 1.27 bits per heavy atom. The van der Waals surface area contributed by atoms with Crippen molar-refractivity contribution in [2.24, 2.45) is 0 Å². The molecule has 0 aromatic rings. The molecule has 1 aliphatic rings. The Kier molecular flexibility index (Phi) is 4.10. The third kappa shape index (κ3) is 2.29. The summed E-state index contributed by atoms with van der Waals surface area (Å²) in [4.78, 5) is 0. The maximum atomic E-state index is 3.85. The van der Waals surface area contributed by atoms with Gasteiger partial charge in [0.2, 0.25) is 0 Å². The Morgan fingerprint density at radius 3 is 2.33 bits per heavy atom. The molecule has 1 heteroatoms. The summed E-state index contributed by atoms with van der Waals surface area (Å²) < 4.78 is 0.891. The van der Waals surface area contributed by atoms with Gasteiger partial charge in [0, 0.05) is 18.6 Å². The van der Waals surface area contributed by atoms with Crippen molar-refractivity contribution in [2.75, 3.05) is 13.1 Å². The summed E-state index contributed by atoms with van der Waals surface area (Å²) in [5.74, 6) is 0. The van der Waals surface area contributed by atoms with Crippen molar-refractivity contribution >= 4 is 0 Å². The maximum Gasteiger partial charge on any atom is 0.114 e. The average molecular weight is 204 g/mol. The van der Waals surface area contributed by atoms with E-state index in [1.165, 1.54) is 24.1 Å². The molecule has 0 atom stereocenters. The smallest absolute Gasteiger partial charge is 0.114 e. The molecule has 0 saturated carbocycles. The molecule has 0 amide bonds. The van der Waals surface area contributed by atoms with Crippen LogP contribution in [0.1, 0.15) is 26.7 Å². The number of nitrogens with zero attached hydrogens (tertiary/aromatic N) is 1. The first kappa shape index (κ1) is 12.0. The molecule has 0 unspecified atom stereocenters. The summed E-state index contributed by atoms with van der Waals surface area (Å²) in [7, 11) is 0. The summed E-state index contributed by atoms with van der Waals surface area (Å²) in [6, 6.07) is 0. The van der Waals surface area contributed by atoms with E-state index in [-0.39, 0.29) is 0 Å². The lowest BCUT2D eigenvalue weighted by Crippen LogP contribution is -2.39. The van der Waals surface area contributed by atoms with E-state index >= 15 is 0 Å². The SMILES string of the molecule is C=CC[N+]1(CC=C)C=CC(CCC)=C1C. The van der Waals surface area contributed by atoms with Gasteiger partial charge in [-0.2, -0.15) is 0 Å². The molecule has 0 aromatic heterocycles. The molecule has 82 valence electrons. The van der Waals surface area contributed by atoms with Gasteiger partial charge in [-0.25, -0.2) is 0 Å². The van der Waals surface area contributed by atoms with Crippen molar-refractivity contribution in [3.8, 4) is 0 Å². The second-order valence-electron chi connectivity index (χ2n) is 4.15. The fourth-order valence-electron chi connectivity index (χ4n) is 2.22. The fraction of sp³-hybridized carbons (Fsp3) is 0.429. The van der Waals surface area contributed by atoms with E-state index in [4.69, 9.17) is 0 Å². The van der Waals surface area contributed by atoms with Gasteiger partial charge in [-0.15, -0.1) is 0 Å². The fourth-order valence-corrected chi connectivity index (χ4v) is 2.22. The Hall–Kier alpha value is -1.08. The Balaban J connectivity index is 2.97. The molecule has 1 nitrogen and oxygen atoms in total. The molecule has 1 rings (SSSR count). The van der Waals surface area contributed by atoms with Gasteiger partial charge < -0.3 is 0 Å². The van der Waals surface area contributed by atoms with Gasteiger partial charge in [-0.1, -0.05) is 26.5 Å². The summed E-state index contributed by atoms with van der Waals surface area (Å²) >= 11 is 0. The van der Waals surface area contributed by atoms with Crippen LogP contribution >= 0.6 is 0 Å². The van der Waals surface area contributed by atoms with Crippen LogP contribution in [0.25, 0.3) is 0 Å². The molecule has 15 heavy (non-hydrogen) atoms. The number of rotatable bonds is 6. The molecule has 1 heterocycles. The predicted molar refractivity (Wildman–Crippen MR) is 67.1 cm³/mol. The minimum absolute atomic E-state index is 0.891. The van der Waals surface area contributed by atoms with E-state index in [0.717, 1.165) is 17.6 Å². The maximum absolute atomic E-state index is 3.85. The number of allylic oxidation sites excluding steroid dienone is 3. The predicted octanol–water partition coefficient (Wildman–Crippen LogP) is 3.78. The average Bonchev–Trinajstić information content (AvgIpc) is 2.49. The van der Waals surface area contributed by atoms with E-state index in [1.54, 1.807) is 0 Å². The highest BCUT2D eigenvalue weighted by Crippen LogP contribution is 2.31. The van der Waals surface area contributed by atoms with Gasteiger partial charge in [-0.3, -0.25) is 4.48 Å². The number of hydrogen-bond donors (Lipinski definition) is 0. The Labute approximate surface area is 93.7 Å². The number of quaternary nitrogens is 1. The number of hydrogen-bond acceptors (Lipinski definition) is 0. The van der Waals surface area contributed by atoms with E-state index in [2.05, 4.69) is 39.3 Å². The molecular formula is C14H22N+. The van der Waals surface area contributed by atoms with Gasteiger partial charge in [0.15, 0.2) is 0 Å². The highest BCUT2D eigenvalue weighted by Gasteiger charge is 2.31. The van der Waals surface area contributed by atoms with Crippen LogP contribution in [-0.2, 0) is 0 Å². The molecule has 0 bridgehead atoms. The van der Waals surface area contributed by atoms with Crippen molar-refractivity contribution in [3.05, 3.63) is 48.9 Å².